The van der Waals surface area contributed by atoms with E-state index >= 15 is 0 Å². The first-order valence-electron chi connectivity index (χ1n) is 5.83. The monoisotopic (exact) mass is 276 g/mol. The second kappa shape index (κ2) is 6.07. The number of aromatic nitrogens is 2. The van der Waals surface area contributed by atoms with E-state index < -0.39 is 0 Å². The average molecular weight is 276 g/mol. The van der Waals surface area contributed by atoms with Crippen molar-refractivity contribution in [1.29, 1.82) is 0 Å². The molecule has 3 N–H and O–H groups in total. The van der Waals surface area contributed by atoms with E-state index in [-0.39, 0.29) is 0 Å². The normalized spacial score (nSPS) is 10.0. The standard InChI is InChI=1S/C13H16N4O3/c1-18-9-5-4-8(11(19-2)12(9)20-3)10-13(17-14)16-7-6-15-10/h4-7H,14H2,1-3H3,(H,16,17). The number of hydrogen-bond donors (Lipinski definition) is 2. The van der Waals surface area contributed by atoms with Crippen LogP contribution in [0.1, 0.15) is 0 Å². The van der Waals surface area contributed by atoms with Crippen LogP contribution in [0.4, 0.5) is 5.82 Å². The van der Waals surface area contributed by atoms with Crippen molar-refractivity contribution >= 4 is 5.82 Å². The SMILES string of the molecule is COc1ccc(-c2nccnc2NN)c(OC)c1OC. The van der Waals surface area contributed by atoms with E-state index in [1.165, 1.54) is 0 Å². The molecule has 0 fully saturated rings. The molecule has 1 heterocycles. The lowest BCUT2D eigenvalue weighted by atomic mass is 10.1. The first-order chi connectivity index (χ1) is 9.76. The second-order valence-electron chi connectivity index (χ2n) is 3.78. The van der Waals surface area contributed by atoms with Crippen LogP contribution in [0.3, 0.4) is 0 Å². The number of nitrogen functional groups attached to an aromatic ring is 1. The van der Waals surface area contributed by atoms with E-state index in [4.69, 9.17) is 20.1 Å². The zero-order chi connectivity index (χ0) is 14.5. The van der Waals surface area contributed by atoms with E-state index in [9.17, 15) is 0 Å². The van der Waals surface area contributed by atoms with Crippen molar-refractivity contribution in [2.75, 3.05) is 26.8 Å². The van der Waals surface area contributed by atoms with Crippen molar-refractivity contribution in [2.24, 2.45) is 5.84 Å². The van der Waals surface area contributed by atoms with Crippen LogP contribution in [0.25, 0.3) is 11.3 Å². The van der Waals surface area contributed by atoms with E-state index in [0.717, 1.165) is 0 Å². The van der Waals surface area contributed by atoms with Crippen LogP contribution >= 0.6 is 0 Å². The topological polar surface area (TPSA) is 91.5 Å². The molecule has 2 aromatic rings. The Morgan fingerprint density at radius 1 is 0.950 bits per heavy atom. The number of nitrogens with two attached hydrogens (primary N) is 1. The number of hydrogen-bond acceptors (Lipinski definition) is 7. The Kier molecular flexibility index (Phi) is 4.21. The van der Waals surface area contributed by atoms with Gasteiger partial charge in [-0.05, 0) is 12.1 Å². The fourth-order valence-electron chi connectivity index (χ4n) is 1.93. The minimum atomic E-state index is 0.443. The number of anilines is 1. The smallest absolute Gasteiger partial charge is 0.203 e. The van der Waals surface area contributed by atoms with Crippen LogP contribution < -0.4 is 25.5 Å². The van der Waals surface area contributed by atoms with Gasteiger partial charge in [0.2, 0.25) is 5.75 Å². The van der Waals surface area contributed by atoms with Gasteiger partial charge in [0.15, 0.2) is 17.3 Å². The molecule has 106 valence electrons. The molecule has 1 aromatic carbocycles. The molecule has 0 aliphatic heterocycles. The van der Waals surface area contributed by atoms with Crippen LogP contribution in [-0.2, 0) is 0 Å². The second-order valence-corrected chi connectivity index (χ2v) is 3.78. The summed E-state index contributed by atoms with van der Waals surface area (Å²) in [6.45, 7) is 0. The van der Waals surface area contributed by atoms with Crippen LogP contribution in [0.15, 0.2) is 24.5 Å². The third kappa shape index (κ3) is 2.30. The highest BCUT2D eigenvalue weighted by atomic mass is 16.5. The van der Waals surface area contributed by atoms with E-state index in [2.05, 4.69) is 15.4 Å². The molecule has 1 aromatic heterocycles. The van der Waals surface area contributed by atoms with Crippen molar-refractivity contribution < 1.29 is 14.2 Å². The fraction of sp³-hybridized carbons (Fsp3) is 0.231. The van der Waals surface area contributed by atoms with Gasteiger partial charge in [-0.25, -0.2) is 10.8 Å². The Bertz CT molecular complexity index is 604. The summed E-state index contributed by atoms with van der Waals surface area (Å²) < 4.78 is 16.0. The van der Waals surface area contributed by atoms with Crippen molar-refractivity contribution in [1.82, 2.24) is 9.97 Å². The molecule has 0 saturated heterocycles. The van der Waals surface area contributed by atoms with E-state index in [1.54, 1.807) is 39.8 Å². The summed E-state index contributed by atoms with van der Waals surface area (Å²) in [5.41, 5.74) is 3.77. The average Bonchev–Trinajstić information content (AvgIpc) is 2.53. The van der Waals surface area contributed by atoms with Gasteiger partial charge in [-0.3, -0.25) is 4.98 Å². The molecule has 7 nitrogen and oxygen atoms in total. The van der Waals surface area contributed by atoms with Crippen LogP contribution in [-0.4, -0.2) is 31.3 Å². The molecule has 0 unspecified atom stereocenters. The van der Waals surface area contributed by atoms with Crippen LogP contribution in [0.5, 0.6) is 17.2 Å². The van der Waals surface area contributed by atoms with Crippen LogP contribution in [0.2, 0.25) is 0 Å². The Morgan fingerprint density at radius 2 is 1.65 bits per heavy atom. The molecule has 0 spiro atoms. The quantitative estimate of drug-likeness (QED) is 0.631. The van der Waals surface area contributed by atoms with Crippen molar-refractivity contribution in [3.8, 4) is 28.5 Å². The highest BCUT2D eigenvalue weighted by Crippen LogP contribution is 2.44. The lowest BCUT2D eigenvalue weighted by Gasteiger charge is -2.16. The van der Waals surface area contributed by atoms with Crippen molar-refractivity contribution in [3.05, 3.63) is 24.5 Å². The molecule has 2 rings (SSSR count). The van der Waals surface area contributed by atoms with Gasteiger partial charge in [0, 0.05) is 12.4 Å². The minimum Gasteiger partial charge on any atom is -0.493 e. The zero-order valence-electron chi connectivity index (χ0n) is 11.5. The molecular formula is C13H16N4O3. The summed E-state index contributed by atoms with van der Waals surface area (Å²) in [5.74, 6) is 7.46. The highest BCUT2D eigenvalue weighted by Gasteiger charge is 2.19. The zero-order valence-corrected chi connectivity index (χ0v) is 11.5. The maximum Gasteiger partial charge on any atom is 0.203 e. The number of ether oxygens (including phenoxy) is 3. The predicted octanol–water partition coefficient (Wildman–Crippen LogP) is 1.45. The maximum absolute atomic E-state index is 5.46. The van der Waals surface area contributed by atoms with E-state index in [0.29, 0.717) is 34.3 Å². The van der Waals surface area contributed by atoms with Gasteiger partial charge in [0.25, 0.3) is 0 Å². The Balaban J connectivity index is 2.68. The first kappa shape index (κ1) is 13.9. The molecule has 0 saturated carbocycles. The summed E-state index contributed by atoms with van der Waals surface area (Å²) in [6, 6.07) is 3.58. The molecule has 0 radical (unpaired) electrons. The predicted molar refractivity (Wildman–Crippen MR) is 74.9 cm³/mol. The van der Waals surface area contributed by atoms with Crippen molar-refractivity contribution in [2.45, 2.75) is 0 Å². The van der Waals surface area contributed by atoms with Gasteiger partial charge in [0.05, 0.1) is 26.9 Å². The molecule has 0 aliphatic rings. The summed E-state index contributed by atoms with van der Waals surface area (Å²) in [6.07, 6.45) is 3.12. The number of hydrazine groups is 1. The summed E-state index contributed by atoms with van der Waals surface area (Å²) >= 11 is 0. The molecule has 0 amide bonds. The van der Waals surface area contributed by atoms with Gasteiger partial charge in [-0.2, -0.15) is 0 Å². The largest absolute Gasteiger partial charge is 0.493 e. The Hall–Kier alpha value is -2.54. The third-order valence-electron chi connectivity index (χ3n) is 2.79. The summed E-state index contributed by atoms with van der Waals surface area (Å²) in [5, 5.41) is 0. The molecule has 7 heteroatoms. The number of methoxy groups -OCH3 is 3. The van der Waals surface area contributed by atoms with Gasteiger partial charge >= 0.3 is 0 Å². The van der Waals surface area contributed by atoms with Gasteiger partial charge in [0.1, 0.15) is 5.69 Å². The lowest BCUT2D eigenvalue weighted by molar-refractivity contribution is 0.325. The fourth-order valence-corrected chi connectivity index (χ4v) is 1.93. The molecule has 0 atom stereocenters. The first-order valence-corrected chi connectivity index (χ1v) is 5.83. The molecular weight excluding hydrogens is 260 g/mol. The summed E-state index contributed by atoms with van der Waals surface area (Å²) in [7, 11) is 4.65. The van der Waals surface area contributed by atoms with Gasteiger partial charge in [-0.15, -0.1) is 0 Å². The molecule has 0 aliphatic carbocycles. The summed E-state index contributed by atoms with van der Waals surface area (Å²) in [4.78, 5) is 8.40. The number of nitrogens with zero attached hydrogens (tertiary/aromatic N) is 2. The maximum atomic E-state index is 5.46. The Labute approximate surface area is 116 Å². The molecule has 0 bridgehead atoms. The highest BCUT2D eigenvalue weighted by molar-refractivity contribution is 5.80. The minimum absolute atomic E-state index is 0.443. The number of benzene rings is 1. The molecule has 20 heavy (non-hydrogen) atoms. The Morgan fingerprint density at radius 3 is 2.25 bits per heavy atom. The van der Waals surface area contributed by atoms with E-state index in [1.807, 2.05) is 6.07 Å². The number of rotatable bonds is 5. The van der Waals surface area contributed by atoms with Crippen molar-refractivity contribution in [3.63, 3.8) is 0 Å². The van der Waals surface area contributed by atoms with Crippen LogP contribution in [0, 0.1) is 0 Å². The van der Waals surface area contributed by atoms with Gasteiger partial charge < -0.3 is 19.6 Å². The lowest BCUT2D eigenvalue weighted by Crippen LogP contribution is -2.10. The van der Waals surface area contributed by atoms with Gasteiger partial charge in [-0.1, -0.05) is 0 Å². The third-order valence-corrected chi connectivity index (χ3v) is 2.79. The number of nitrogens with one attached hydrogen (secondary N) is 1.